The van der Waals surface area contributed by atoms with Gasteiger partial charge in [-0.25, -0.2) is 4.79 Å². The van der Waals surface area contributed by atoms with Crippen LogP contribution in [0, 0.1) is 0 Å². The van der Waals surface area contributed by atoms with Crippen molar-refractivity contribution in [3.05, 3.63) is 35.5 Å². The molecule has 0 atom stereocenters. The molecule has 2 rings (SSSR count). The molecule has 1 aromatic carbocycles. The van der Waals surface area contributed by atoms with Gasteiger partial charge >= 0.3 is 6.03 Å². The zero-order valence-electron chi connectivity index (χ0n) is 8.48. The van der Waals surface area contributed by atoms with Gasteiger partial charge in [0.2, 0.25) is 5.88 Å². The van der Waals surface area contributed by atoms with Crippen LogP contribution in [-0.2, 0) is 0 Å². The number of urea groups is 1. The lowest BCUT2D eigenvalue weighted by Crippen LogP contribution is -2.19. The van der Waals surface area contributed by atoms with Crippen LogP contribution in [0.3, 0.4) is 0 Å². The number of phenolic OH excluding ortho intramolecular Hbond substituents is 1. The summed E-state index contributed by atoms with van der Waals surface area (Å²) >= 11 is 5.73. The van der Waals surface area contributed by atoms with E-state index in [0.29, 0.717) is 5.02 Å². The predicted octanol–water partition coefficient (Wildman–Crippen LogP) is 2.68. The van der Waals surface area contributed by atoms with E-state index in [1.807, 2.05) is 0 Å². The predicted molar refractivity (Wildman–Crippen MR) is 62.3 cm³/mol. The second kappa shape index (κ2) is 4.75. The molecule has 0 aliphatic carbocycles. The highest BCUT2D eigenvalue weighted by Crippen LogP contribution is 2.26. The van der Waals surface area contributed by atoms with Crippen molar-refractivity contribution in [2.75, 3.05) is 10.6 Å². The van der Waals surface area contributed by atoms with Crippen LogP contribution in [0.4, 0.5) is 16.4 Å². The van der Waals surface area contributed by atoms with Gasteiger partial charge < -0.3 is 14.9 Å². The Balaban J connectivity index is 2.05. The lowest BCUT2D eigenvalue weighted by atomic mass is 10.3. The number of nitrogens with zero attached hydrogens (tertiary/aromatic N) is 1. The first kappa shape index (κ1) is 11.3. The molecule has 0 bridgehead atoms. The van der Waals surface area contributed by atoms with E-state index in [2.05, 4.69) is 20.3 Å². The molecule has 0 spiro atoms. The van der Waals surface area contributed by atoms with Crippen LogP contribution in [0.15, 0.2) is 35.0 Å². The molecule has 2 amide bonds. The lowest BCUT2D eigenvalue weighted by Gasteiger charge is -2.07. The molecule has 0 radical (unpaired) electrons. The van der Waals surface area contributed by atoms with Crippen molar-refractivity contribution in [1.82, 2.24) is 5.16 Å². The Bertz CT molecular complexity index is 528. The minimum Gasteiger partial charge on any atom is -0.506 e. The van der Waals surface area contributed by atoms with E-state index >= 15 is 0 Å². The van der Waals surface area contributed by atoms with E-state index in [-0.39, 0.29) is 17.3 Å². The van der Waals surface area contributed by atoms with E-state index in [4.69, 9.17) is 11.6 Å². The van der Waals surface area contributed by atoms with Gasteiger partial charge in [0.15, 0.2) is 0 Å². The van der Waals surface area contributed by atoms with Gasteiger partial charge in [-0.05, 0) is 18.2 Å². The van der Waals surface area contributed by atoms with Gasteiger partial charge in [0.1, 0.15) is 5.75 Å². The third-order valence-electron chi connectivity index (χ3n) is 1.88. The Morgan fingerprint density at radius 3 is 2.88 bits per heavy atom. The average Bonchev–Trinajstić information content (AvgIpc) is 2.76. The van der Waals surface area contributed by atoms with Crippen molar-refractivity contribution in [3.8, 4) is 5.75 Å². The third-order valence-corrected chi connectivity index (χ3v) is 2.12. The maximum atomic E-state index is 11.5. The molecule has 0 saturated carbocycles. The number of anilines is 2. The van der Waals surface area contributed by atoms with Gasteiger partial charge in [-0.2, -0.15) is 0 Å². The molecule has 2 aromatic rings. The lowest BCUT2D eigenvalue weighted by molar-refractivity contribution is 0.261. The SMILES string of the molecule is O=C(Nc1ccno1)Nc1cc(Cl)ccc1O. The maximum absolute atomic E-state index is 11.5. The number of aromatic hydroxyl groups is 1. The average molecular weight is 254 g/mol. The summed E-state index contributed by atoms with van der Waals surface area (Å²) in [7, 11) is 0. The number of amides is 2. The number of hydrogen-bond acceptors (Lipinski definition) is 4. The van der Waals surface area contributed by atoms with Crippen molar-refractivity contribution in [3.63, 3.8) is 0 Å². The fraction of sp³-hybridized carbons (Fsp3) is 0. The van der Waals surface area contributed by atoms with Gasteiger partial charge in [0, 0.05) is 11.1 Å². The van der Waals surface area contributed by atoms with Gasteiger partial charge in [0.05, 0.1) is 11.9 Å². The summed E-state index contributed by atoms with van der Waals surface area (Å²) in [5, 5.41) is 18.1. The summed E-state index contributed by atoms with van der Waals surface area (Å²) in [5.74, 6) is 0.117. The first-order valence-corrected chi connectivity index (χ1v) is 5.00. The summed E-state index contributed by atoms with van der Waals surface area (Å²) in [6.07, 6.45) is 1.40. The Kier molecular flexibility index (Phi) is 3.15. The quantitative estimate of drug-likeness (QED) is 0.718. The molecule has 0 aliphatic heterocycles. The highest BCUT2D eigenvalue weighted by Gasteiger charge is 2.08. The Morgan fingerprint density at radius 2 is 2.18 bits per heavy atom. The van der Waals surface area contributed by atoms with Crippen LogP contribution in [0.1, 0.15) is 0 Å². The number of rotatable bonds is 2. The van der Waals surface area contributed by atoms with Gasteiger partial charge in [-0.15, -0.1) is 0 Å². The molecule has 0 saturated heterocycles. The van der Waals surface area contributed by atoms with Crippen molar-refractivity contribution >= 4 is 29.2 Å². The largest absolute Gasteiger partial charge is 0.506 e. The molecule has 1 aromatic heterocycles. The van der Waals surface area contributed by atoms with Crippen molar-refractivity contribution in [1.29, 1.82) is 0 Å². The van der Waals surface area contributed by atoms with Crippen molar-refractivity contribution < 1.29 is 14.4 Å². The second-order valence-electron chi connectivity index (χ2n) is 3.12. The van der Waals surface area contributed by atoms with Crippen molar-refractivity contribution in [2.45, 2.75) is 0 Å². The standard InChI is InChI=1S/C10H8ClN3O3/c11-6-1-2-8(15)7(5-6)13-10(16)14-9-3-4-12-17-9/h1-5,15H,(H2,13,14,16). The Morgan fingerprint density at radius 1 is 1.35 bits per heavy atom. The zero-order valence-corrected chi connectivity index (χ0v) is 9.23. The van der Waals surface area contributed by atoms with E-state index in [0.717, 1.165) is 0 Å². The highest BCUT2D eigenvalue weighted by molar-refractivity contribution is 6.31. The molecule has 0 unspecified atom stereocenters. The fourth-order valence-electron chi connectivity index (χ4n) is 1.15. The monoisotopic (exact) mass is 253 g/mol. The van der Waals surface area contributed by atoms with E-state index in [9.17, 15) is 9.90 Å². The minimum absolute atomic E-state index is 0.0814. The van der Waals surface area contributed by atoms with Crippen LogP contribution >= 0.6 is 11.6 Å². The fourth-order valence-corrected chi connectivity index (χ4v) is 1.33. The first-order chi connectivity index (χ1) is 8.15. The number of phenols is 1. The highest BCUT2D eigenvalue weighted by atomic mass is 35.5. The summed E-state index contributed by atoms with van der Waals surface area (Å²) in [5.41, 5.74) is 0.203. The minimum atomic E-state index is -0.570. The van der Waals surface area contributed by atoms with Gasteiger partial charge in [-0.1, -0.05) is 16.8 Å². The van der Waals surface area contributed by atoms with Crippen LogP contribution in [0.25, 0.3) is 0 Å². The summed E-state index contributed by atoms with van der Waals surface area (Å²) < 4.78 is 4.69. The summed E-state index contributed by atoms with van der Waals surface area (Å²) in [4.78, 5) is 11.5. The van der Waals surface area contributed by atoms with Gasteiger partial charge in [-0.3, -0.25) is 5.32 Å². The maximum Gasteiger partial charge on any atom is 0.326 e. The summed E-state index contributed by atoms with van der Waals surface area (Å²) in [6.45, 7) is 0. The first-order valence-electron chi connectivity index (χ1n) is 4.62. The smallest absolute Gasteiger partial charge is 0.326 e. The zero-order chi connectivity index (χ0) is 12.3. The molecule has 7 heteroatoms. The van der Waals surface area contributed by atoms with Crippen LogP contribution in [-0.4, -0.2) is 16.3 Å². The molecular formula is C10H8ClN3O3. The third kappa shape index (κ3) is 2.88. The molecule has 88 valence electrons. The van der Waals surface area contributed by atoms with E-state index in [1.54, 1.807) is 0 Å². The Labute approximate surface area is 101 Å². The van der Waals surface area contributed by atoms with Crippen LogP contribution in [0.2, 0.25) is 5.02 Å². The Hall–Kier alpha value is -2.21. The number of carbonyl (C=O) groups excluding carboxylic acids is 1. The summed E-state index contributed by atoms with van der Waals surface area (Å²) in [6, 6.07) is 5.23. The van der Waals surface area contributed by atoms with Gasteiger partial charge in [0.25, 0.3) is 0 Å². The van der Waals surface area contributed by atoms with Crippen LogP contribution < -0.4 is 10.6 Å². The number of carbonyl (C=O) groups is 1. The number of benzene rings is 1. The van der Waals surface area contributed by atoms with E-state index in [1.165, 1.54) is 30.5 Å². The molecule has 0 aliphatic rings. The normalized spacial score (nSPS) is 9.94. The number of aromatic nitrogens is 1. The molecule has 1 heterocycles. The van der Waals surface area contributed by atoms with E-state index < -0.39 is 6.03 Å². The molecule has 0 fully saturated rings. The molecule has 6 nitrogen and oxygen atoms in total. The topological polar surface area (TPSA) is 87.4 Å². The van der Waals surface area contributed by atoms with Crippen LogP contribution in [0.5, 0.6) is 5.75 Å². The number of hydrogen-bond donors (Lipinski definition) is 3. The number of halogens is 1. The molecule has 3 N–H and O–H groups in total. The number of nitrogens with one attached hydrogen (secondary N) is 2. The second-order valence-corrected chi connectivity index (χ2v) is 3.55. The molecular weight excluding hydrogens is 246 g/mol. The molecule has 17 heavy (non-hydrogen) atoms. The van der Waals surface area contributed by atoms with Crippen molar-refractivity contribution in [2.24, 2.45) is 0 Å².